The summed E-state index contributed by atoms with van der Waals surface area (Å²) in [5.74, 6) is -1.19. The first-order chi connectivity index (χ1) is 10.0. The number of benzene rings is 1. The number of nitrogens with zero attached hydrogens (tertiary/aromatic N) is 2. The summed E-state index contributed by atoms with van der Waals surface area (Å²) >= 11 is 0. The topological polar surface area (TPSA) is 74.8 Å². The minimum atomic E-state index is -0.738. The molecule has 1 fully saturated rings. The Hall–Kier alpha value is -2.50. The number of rotatable bonds is 1. The molecule has 0 N–H and O–H groups in total. The van der Waals surface area contributed by atoms with Gasteiger partial charge in [-0.25, -0.2) is 0 Å². The predicted molar refractivity (Wildman–Crippen MR) is 72.6 cm³/mol. The number of ketones is 1. The fourth-order valence-electron chi connectivity index (χ4n) is 2.82. The SMILES string of the molecule is CN1C(=O)CCC(N2CC(=O)c3ccccc3C2=O)C1=O. The maximum atomic E-state index is 12.5. The van der Waals surface area contributed by atoms with E-state index in [2.05, 4.69) is 0 Å². The average molecular weight is 286 g/mol. The molecular weight excluding hydrogens is 272 g/mol. The molecular formula is C15H14N2O4. The lowest BCUT2D eigenvalue weighted by atomic mass is 9.94. The van der Waals surface area contributed by atoms with E-state index < -0.39 is 11.9 Å². The molecule has 1 atom stereocenters. The van der Waals surface area contributed by atoms with Crippen LogP contribution in [-0.2, 0) is 9.59 Å². The van der Waals surface area contributed by atoms with E-state index in [1.807, 2.05) is 0 Å². The number of amides is 3. The van der Waals surface area contributed by atoms with E-state index in [-0.39, 0.29) is 37.0 Å². The lowest BCUT2D eigenvalue weighted by molar-refractivity contribution is -0.150. The zero-order valence-electron chi connectivity index (χ0n) is 11.5. The van der Waals surface area contributed by atoms with Crippen molar-refractivity contribution in [2.24, 2.45) is 0 Å². The van der Waals surface area contributed by atoms with Gasteiger partial charge in [0.1, 0.15) is 6.04 Å². The molecule has 1 saturated heterocycles. The molecule has 0 spiro atoms. The molecule has 6 nitrogen and oxygen atoms in total. The zero-order chi connectivity index (χ0) is 15.1. The van der Waals surface area contributed by atoms with Crippen molar-refractivity contribution in [3.8, 4) is 0 Å². The Morgan fingerprint density at radius 1 is 1.05 bits per heavy atom. The van der Waals surface area contributed by atoms with E-state index in [4.69, 9.17) is 0 Å². The lowest BCUT2D eigenvalue weighted by Crippen LogP contribution is -2.57. The van der Waals surface area contributed by atoms with Crippen LogP contribution in [0.5, 0.6) is 0 Å². The molecule has 0 radical (unpaired) electrons. The van der Waals surface area contributed by atoms with Crippen molar-refractivity contribution in [3.05, 3.63) is 35.4 Å². The first kappa shape index (κ1) is 13.5. The number of hydrogen-bond donors (Lipinski definition) is 0. The van der Waals surface area contributed by atoms with Crippen LogP contribution in [0.2, 0.25) is 0 Å². The van der Waals surface area contributed by atoms with E-state index in [1.165, 1.54) is 11.9 Å². The molecule has 108 valence electrons. The number of carbonyl (C=O) groups is 4. The highest BCUT2D eigenvalue weighted by molar-refractivity contribution is 6.15. The van der Waals surface area contributed by atoms with Crippen molar-refractivity contribution in [2.45, 2.75) is 18.9 Å². The second kappa shape index (κ2) is 4.80. The molecule has 2 aliphatic rings. The number of likely N-dealkylation sites (N-methyl/N-ethyl adjacent to an activating group) is 1. The van der Waals surface area contributed by atoms with Crippen molar-refractivity contribution < 1.29 is 19.2 Å². The molecule has 1 aromatic rings. The third-order valence-electron chi connectivity index (χ3n) is 4.03. The minimum Gasteiger partial charge on any atom is -0.319 e. The van der Waals surface area contributed by atoms with Gasteiger partial charge in [0.2, 0.25) is 5.91 Å². The largest absolute Gasteiger partial charge is 0.319 e. The molecule has 21 heavy (non-hydrogen) atoms. The van der Waals surface area contributed by atoms with Crippen molar-refractivity contribution in [1.29, 1.82) is 0 Å². The summed E-state index contributed by atoms with van der Waals surface area (Å²) in [7, 11) is 1.40. The predicted octanol–water partition coefficient (Wildman–Crippen LogP) is 0.472. The van der Waals surface area contributed by atoms with Gasteiger partial charge in [0.25, 0.3) is 11.8 Å². The summed E-state index contributed by atoms with van der Waals surface area (Å²) in [6.07, 6.45) is 0.468. The Bertz CT molecular complexity index is 667. The fraction of sp³-hybridized carbons (Fsp3) is 0.333. The first-order valence-corrected chi connectivity index (χ1v) is 6.74. The maximum Gasteiger partial charge on any atom is 0.255 e. The molecule has 0 aliphatic carbocycles. The standard InChI is InChI=1S/C15H14N2O4/c1-16-13(19)7-6-11(15(16)21)17-8-12(18)9-4-2-3-5-10(9)14(17)20/h2-5,11H,6-8H2,1H3. The summed E-state index contributed by atoms with van der Waals surface area (Å²) in [5.41, 5.74) is 0.715. The third kappa shape index (κ3) is 2.03. The van der Waals surface area contributed by atoms with Crippen LogP contribution >= 0.6 is 0 Å². The second-order valence-corrected chi connectivity index (χ2v) is 5.25. The van der Waals surface area contributed by atoms with Crippen LogP contribution in [0.3, 0.4) is 0 Å². The Kier molecular flexibility index (Phi) is 3.08. The normalized spacial score (nSPS) is 22.6. The van der Waals surface area contributed by atoms with Gasteiger partial charge in [-0.05, 0) is 12.5 Å². The van der Waals surface area contributed by atoms with E-state index in [0.29, 0.717) is 11.1 Å². The summed E-state index contributed by atoms with van der Waals surface area (Å²) in [6.45, 7) is -0.117. The molecule has 0 bridgehead atoms. The van der Waals surface area contributed by atoms with E-state index in [9.17, 15) is 19.2 Å². The van der Waals surface area contributed by atoms with Crippen LogP contribution in [-0.4, -0.2) is 52.9 Å². The van der Waals surface area contributed by atoms with Crippen molar-refractivity contribution in [3.63, 3.8) is 0 Å². The molecule has 6 heteroatoms. The Labute approximate surface area is 121 Å². The summed E-state index contributed by atoms with van der Waals surface area (Å²) < 4.78 is 0. The smallest absolute Gasteiger partial charge is 0.255 e. The average Bonchev–Trinajstić information content (AvgIpc) is 2.49. The minimum absolute atomic E-state index is 0.117. The van der Waals surface area contributed by atoms with Gasteiger partial charge in [-0.1, -0.05) is 18.2 Å². The zero-order valence-corrected chi connectivity index (χ0v) is 11.5. The molecule has 2 aliphatic heterocycles. The first-order valence-electron chi connectivity index (χ1n) is 6.74. The monoisotopic (exact) mass is 286 g/mol. The number of carbonyl (C=O) groups excluding carboxylic acids is 4. The molecule has 3 rings (SSSR count). The molecule has 3 amide bonds. The number of likely N-dealkylation sites (tertiary alicyclic amines) is 1. The van der Waals surface area contributed by atoms with E-state index >= 15 is 0 Å². The third-order valence-corrected chi connectivity index (χ3v) is 4.03. The molecule has 0 saturated carbocycles. The number of piperidine rings is 1. The molecule has 1 aromatic carbocycles. The van der Waals surface area contributed by atoms with Crippen LogP contribution in [0.25, 0.3) is 0 Å². The highest BCUT2D eigenvalue weighted by atomic mass is 16.2. The van der Waals surface area contributed by atoms with Gasteiger partial charge < -0.3 is 4.90 Å². The van der Waals surface area contributed by atoms with E-state index in [0.717, 1.165) is 4.90 Å². The Balaban J connectivity index is 1.95. The second-order valence-electron chi connectivity index (χ2n) is 5.25. The number of hydrogen-bond acceptors (Lipinski definition) is 4. The van der Waals surface area contributed by atoms with Crippen molar-refractivity contribution >= 4 is 23.5 Å². The van der Waals surface area contributed by atoms with Gasteiger partial charge in [-0.2, -0.15) is 0 Å². The van der Waals surface area contributed by atoms with Gasteiger partial charge in [0.15, 0.2) is 5.78 Å². The molecule has 1 unspecified atom stereocenters. The van der Waals surface area contributed by atoms with Crippen molar-refractivity contribution in [2.75, 3.05) is 13.6 Å². The fourth-order valence-corrected chi connectivity index (χ4v) is 2.82. The van der Waals surface area contributed by atoms with Gasteiger partial charge in [-0.3, -0.25) is 24.1 Å². The van der Waals surface area contributed by atoms with Crippen molar-refractivity contribution in [1.82, 2.24) is 9.80 Å². The number of imide groups is 1. The van der Waals surface area contributed by atoms with Crippen LogP contribution in [0.4, 0.5) is 0 Å². The summed E-state index contributed by atoms with van der Waals surface area (Å²) in [4.78, 5) is 50.7. The Morgan fingerprint density at radius 2 is 1.71 bits per heavy atom. The summed E-state index contributed by atoms with van der Waals surface area (Å²) in [5, 5.41) is 0. The van der Waals surface area contributed by atoms with Gasteiger partial charge >= 0.3 is 0 Å². The highest BCUT2D eigenvalue weighted by Crippen LogP contribution is 2.25. The molecule has 2 heterocycles. The Morgan fingerprint density at radius 3 is 2.43 bits per heavy atom. The number of fused-ring (bicyclic) bond motifs is 1. The number of Topliss-reactive ketones (excluding diaryl/α,β-unsaturated/α-hetero) is 1. The van der Waals surface area contributed by atoms with Crippen LogP contribution < -0.4 is 0 Å². The van der Waals surface area contributed by atoms with Gasteiger partial charge in [0.05, 0.1) is 12.1 Å². The summed E-state index contributed by atoms with van der Waals surface area (Å²) in [6, 6.07) is 5.86. The van der Waals surface area contributed by atoms with Gasteiger partial charge in [0, 0.05) is 19.0 Å². The van der Waals surface area contributed by atoms with Crippen LogP contribution in [0.15, 0.2) is 24.3 Å². The quantitative estimate of drug-likeness (QED) is 0.703. The van der Waals surface area contributed by atoms with E-state index in [1.54, 1.807) is 24.3 Å². The highest BCUT2D eigenvalue weighted by Gasteiger charge is 2.41. The van der Waals surface area contributed by atoms with Gasteiger partial charge in [-0.15, -0.1) is 0 Å². The van der Waals surface area contributed by atoms with Crippen LogP contribution in [0.1, 0.15) is 33.6 Å². The molecule has 0 aromatic heterocycles. The maximum absolute atomic E-state index is 12.5. The lowest BCUT2D eigenvalue weighted by Gasteiger charge is -2.37. The van der Waals surface area contributed by atoms with Crippen LogP contribution in [0, 0.1) is 0 Å².